The van der Waals surface area contributed by atoms with Crippen molar-refractivity contribution < 1.29 is 19.1 Å². The lowest BCUT2D eigenvalue weighted by atomic mass is 9.86. The molecule has 3 amide bonds. The van der Waals surface area contributed by atoms with Crippen LogP contribution in [0.25, 0.3) is 0 Å². The van der Waals surface area contributed by atoms with Crippen LogP contribution in [-0.4, -0.2) is 40.5 Å². The number of para-hydroxylation sites is 1. The molecule has 3 rings (SSSR count). The number of ether oxygens (including phenoxy) is 1. The predicted molar refractivity (Wildman–Crippen MR) is 160 cm³/mol. The molecule has 2 aromatic rings. The van der Waals surface area contributed by atoms with E-state index < -0.39 is 23.8 Å². The van der Waals surface area contributed by atoms with E-state index in [-0.39, 0.29) is 23.8 Å². The number of carbonyl (C=O) groups is 3. The van der Waals surface area contributed by atoms with Crippen LogP contribution in [0.2, 0.25) is 0 Å². The molecule has 7 heteroatoms. The SMILES string of the molecule is Cc1ccc(C(C(=O)Nc2c(C)cccc2C)N(C(=O)C(CC(C)C)NC(=O)OC(C)(C)C)C2CCC2)c(C)c1. The van der Waals surface area contributed by atoms with Crippen molar-refractivity contribution in [3.63, 3.8) is 0 Å². The van der Waals surface area contributed by atoms with Gasteiger partial charge in [0.05, 0.1) is 0 Å². The van der Waals surface area contributed by atoms with Crippen LogP contribution >= 0.6 is 0 Å². The predicted octanol–water partition coefficient (Wildman–Crippen LogP) is 6.92. The fraction of sp³-hybridized carbons (Fsp3) is 0.545. The summed E-state index contributed by atoms with van der Waals surface area (Å²) in [5, 5.41) is 6.01. The van der Waals surface area contributed by atoms with Crippen LogP contribution in [0.5, 0.6) is 0 Å². The molecule has 0 spiro atoms. The molecule has 1 aliphatic rings. The molecule has 2 atom stereocenters. The minimum atomic E-state index is -0.854. The zero-order valence-electron chi connectivity index (χ0n) is 25.7. The number of hydrogen-bond donors (Lipinski definition) is 2. The summed E-state index contributed by atoms with van der Waals surface area (Å²) >= 11 is 0. The van der Waals surface area contributed by atoms with Crippen molar-refractivity contribution in [1.82, 2.24) is 10.2 Å². The molecule has 218 valence electrons. The molecule has 0 aromatic heterocycles. The molecule has 2 unspecified atom stereocenters. The van der Waals surface area contributed by atoms with Crippen molar-refractivity contribution in [2.24, 2.45) is 5.92 Å². The van der Waals surface area contributed by atoms with Crippen LogP contribution in [-0.2, 0) is 14.3 Å². The molecule has 1 aliphatic carbocycles. The number of alkyl carbamates (subject to hydrolysis) is 1. The minimum absolute atomic E-state index is 0.1000. The Bertz CT molecular complexity index is 1210. The summed E-state index contributed by atoms with van der Waals surface area (Å²) in [4.78, 5) is 43.3. The number of nitrogens with one attached hydrogen (secondary N) is 2. The maximum atomic E-state index is 14.5. The first kappa shape index (κ1) is 31.2. The molecule has 0 aliphatic heterocycles. The van der Waals surface area contributed by atoms with E-state index in [0.29, 0.717) is 6.42 Å². The summed E-state index contributed by atoms with van der Waals surface area (Å²) in [5.74, 6) is -0.383. The summed E-state index contributed by atoms with van der Waals surface area (Å²) in [5.41, 5.74) is 4.79. The third-order valence-corrected chi connectivity index (χ3v) is 7.39. The average Bonchev–Trinajstić information content (AvgIpc) is 2.78. The van der Waals surface area contributed by atoms with Crippen molar-refractivity contribution >= 4 is 23.6 Å². The van der Waals surface area contributed by atoms with Crippen molar-refractivity contribution in [1.29, 1.82) is 0 Å². The second kappa shape index (κ2) is 12.9. The van der Waals surface area contributed by atoms with Gasteiger partial charge in [-0.05, 0) is 102 Å². The Morgan fingerprint density at radius 3 is 2.10 bits per heavy atom. The van der Waals surface area contributed by atoms with Crippen LogP contribution in [0, 0.1) is 33.6 Å². The van der Waals surface area contributed by atoms with E-state index in [4.69, 9.17) is 4.74 Å². The number of carbonyl (C=O) groups excluding carboxylic acids is 3. The molecule has 1 fully saturated rings. The average molecular weight is 550 g/mol. The number of rotatable bonds is 9. The first-order valence-corrected chi connectivity index (χ1v) is 14.4. The lowest BCUT2D eigenvalue weighted by Gasteiger charge is -2.44. The highest BCUT2D eigenvalue weighted by Gasteiger charge is 2.42. The van der Waals surface area contributed by atoms with Crippen molar-refractivity contribution in [2.45, 2.75) is 112 Å². The standard InChI is InChI=1S/C33H47N3O4/c1-20(2)18-27(34-32(39)40-33(7,8)9)31(38)36(25-14-11-15-25)29(26-17-16-21(3)19-24(26)6)30(37)35-28-22(4)12-10-13-23(28)5/h10,12-13,16-17,19-20,25,27,29H,11,14-15,18H2,1-9H3,(H,34,39)(H,35,37). The van der Waals surface area contributed by atoms with Crippen molar-refractivity contribution in [2.75, 3.05) is 5.32 Å². The summed E-state index contributed by atoms with van der Waals surface area (Å²) in [6.07, 6.45) is 2.40. The van der Waals surface area contributed by atoms with Gasteiger partial charge in [0.1, 0.15) is 17.7 Å². The molecule has 0 heterocycles. The van der Waals surface area contributed by atoms with Crippen LogP contribution < -0.4 is 10.6 Å². The Morgan fingerprint density at radius 2 is 1.60 bits per heavy atom. The monoisotopic (exact) mass is 549 g/mol. The van der Waals surface area contributed by atoms with Gasteiger partial charge in [-0.2, -0.15) is 0 Å². The van der Waals surface area contributed by atoms with Gasteiger partial charge in [0.25, 0.3) is 5.91 Å². The zero-order chi connectivity index (χ0) is 29.8. The van der Waals surface area contributed by atoms with E-state index in [1.165, 1.54) is 0 Å². The third-order valence-electron chi connectivity index (χ3n) is 7.39. The number of nitrogens with zero attached hydrogens (tertiary/aromatic N) is 1. The van der Waals surface area contributed by atoms with Gasteiger partial charge in [-0.1, -0.05) is 55.8 Å². The summed E-state index contributed by atoms with van der Waals surface area (Å²) in [6, 6.07) is 10.1. The molecule has 0 saturated heterocycles. The molecule has 2 aromatic carbocycles. The normalized spacial score (nSPS) is 15.2. The highest BCUT2D eigenvalue weighted by molar-refractivity contribution is 6.00. The van der Waals surface area contributed by atoms with E-state index in [1.54, 1.807) is 25.7 Å². The lowest BCUT2D eigenvalue weighted by molar-refractivity contribution is -0.146. The van der Waals surface area contributed by atoms with Crippen molar-refractivity contribution in [3.8, 4) is 0 Å². The first-order valence-electron chi connectivity index (χ1n) is 14.4. The molecule has 0 radical (unpaired) electrons. The molecular weight excluding hydrogens is 502 g/mol. The molecule has 0 bridgehead atoms. The number of hydrogen-bond acceptors (Lipinski definition) is 4. The summed E-state index contributed by atoms with van der Waals surface area (Å²) in [7, 11) is 0. The quantitative estimate of drug-likeness (QED) is 0.355. The van der Waals surface area contributed by atoms with E-state index >= 15 is 0 Å². The topological polar surface area (TPSA) is 87.7 Å². The van der Waals surface area contributed by atoms with Gasteiger partial charge in [-0.25, -0.2) is 4.79 Å². The Kier molecular flexibility index (Phi) is 10.0. The highest BCUT2D eigenvalue weighted by atomic mass is 16.6. The maximum absolute atomic E-state index is 14.5. The number of aryl methyl sites for hydroxylation is 4. The smallest absolute Gasteiger partial charge is 0.408 e. The first-order chi connectivity index (χ1) is 18.7. The highest BCUT2D eigenvalue weighted by Crippen LogP contribution is 2.36. The molecule has 2 N–H and O–H groups in total. The van der Waals surface area contributed by atoms with Crippen molar-refractivity contribution in [3.05, 3.63) is 64.2 Å². The van der Waals surface area contributed by atoms with Gasteiger partial charge in [-0.15, -0.1) is 0 Å². The van der Waals surface area contributed by atoms with E-state index in [1.807, 2.05) is 77.9 Å². The zero-order valence-corrected chi connectivity index (χ0v) is 25.7. The second-order valence-corrected chi connectivity index (χ2v) is 12.7. The summed E-state index contributed by atoms with van der Waals surface area (Å²) in [6.45, 7) is 17.3. The van der Waals surface area contributed by atoms with E-state index in [9.17, 15) is 14.4 Å². The van der Waals surface area contributed by atoms with Crippen LogP contribution in [0.4, 0.5) is 10.5 Å². The lowest BCUT2D eigenvalue weighted by Crippen LogP contribution is -2.57. The fourth-order valence-electron chi connectivity index (χ4n) is 5.26. The Hall–Kier alpha value is -3.35. The van der Waals surface area contributed by atoms with E-state index in [0.717, 1.165) is 52.8 Å². The van der Waals surface area contributed by atoms with Gasteiger partial charge in [0.15, 0.2) is 0 Å². The van der Waals surface area contributed by atoms with Gasteiger partial charge in [0.2, 0.25) is 5.91 Å². The van der Waals surface area contributed by atoms with Crippen LogP contribution in [0.15, 0.2) is 36.4 Å². The Morgan fingerprint density at radius 1 is 0.975 bits per heavy atom. The largest absolute Gasteiger partial charge is 0.444 e. The number of benzene rings is 2. The summed E-state index contributed by atoms with van der Waals surface area (Å²) < 4.78 is 5.51. The number of amides is 3. The van der Waals surface area contributed by atoms with Gasteiger partial charge in [0, 0.05) is 11.7 Å². The third kappa shape index (κ3) is 7.86. The minimum Gasteiger partial charge on any atom is -0.444 e. The second-order valence-electron chi connectivity index (χ2n) is 12.7. The van der Waals surface area contributed by atoms with Crippen LogP contribution in [0.1, 0.15) is 94.2 Å². The fourth-order valence-corrected chi connectivity index (χ4v) is 5.26. The Labute approximate surface area is 240 Å². The number of anilines is 1. The molecule has 7 nitrogen and oxygen atoms in total. The van der Waals surface area contributed by atoms with Crippen LogP contribution in [0.3, 0.4) is 0 Å². The maximum Gasteiger partial charge on any atom is 0.408 e. The van der Waals surface area contributed by atoms with E-state index in [2.05, 4.69) is 10.6 Å². The van der Waals surface area contributed by atoms with Gasteiger partial charge < -0.3 is 20.3 Å². The van der Waals surface area contributed by atoms with Gasteiger partial charge >= 0.3 is 6.09 Å². The Balaban J connectivity index is 2.09. The van der Waals surface area contributed by atoms with Gasteiger partial charge in [-0.3, -0.25) is 9.59 Å². The molecular formula is C33H47N3O4. The molecule has 40 heavy (non-hydrogen) atoms. The molecule has 1 saturated carbocycles.